The van der Waals surface area contributed by atoms with E-state index in [4.69, 9.17) is 0 Å². The Balaban J connectivity index is 1.32. The molecule has 1 aliphatic rings. The quantitative estimate of drug-likeness (QED) is 0.331. The maximum Gasteiger partial charge on any atom is 0.0384 e. The van der Waals surface area contributed by atoms with Crippen LogP contribution in [-0.2, 0) is 0 Å². The van der Waals surface area contributed by atoms with Crippen molar-refractivity contribution in [3.63, 3.8) is 0 Å². The molecule has 0 radical (unpaired) electrons. The summed E-state index contributed by atoms with van der Waals surface area (Å²) >= 11 is 1.81. The van der Waals surface area contributed by atoms with Crippen LogP contribution in [0.1, 0.15) is 28.8 Å². The van der Waals surface area contributed by atoms with Crippen molar-refractivity contribution in [3.8, 4) is 11.1 Å². The summed E-state index contributed by atoms with van der Waals surface area (Å²) in [6.45, 7) is 8.41. The van der Waals surface area contributed by atoms with E-state index in [-0.39, 0.29) is 0 Å². The molecule has 2 heteroatoms. The van der Waals surface area contributed by atoms with Crippen LogP contribution in [-0.4, -0.2) is 0 Å². The maximum atomic E-state index is 3.94. The molecule has 1 N–H and O–H groups in total. The average molecular weight is 434 g/mol. The van der Waals surface area contributed by atoms with Crippen LogP contribution in [0.3, 0.4) is 0 Å². The molecule has 0 bridgehead atoms. The van der Waals surface area contributed by atoms with E-state index in [9.17, 15) is 0 Å². The van der Waals surface area contributed by atoms with Crippen molar-refractivity contribution in [2.75, 3.05) is 5.32 Å². The summed E-state index contributed by atoms with van der Waals surface area (Å²) < 4.78 is 1.32. The SMILES string of the molecule is C=Cc1sc2ccc(-c3ccc(NC4=CC(C)C(c5ccccc5)C=C4)cc3)cc2c1C. The first-order chi connectivity index (χ1) is 15.6. The summed E-state index contributed by atoms with van der Waals surface area (Å²) in [7, 11) is 0. The normalized spacial score (nSPS) is 17.9. The molecule has 1 aliphatic carbocycles. The number of hydrogen-bond acceptors (Lipinski definition) is 2. The Labute approximate surface area is 194 Å². The highest BCUT2D eigenvalue weighted by Gasteiger charge is 2.18. The van der Waals surface area contributed by atoms with Gasteiger partial charge in [-0.1, -0.05) is 80.3 Å². The standard InChI is InChI=1S/C30H27NS/c1-4-29-21(3)28-19-24(12-17-30(28)32-29)22-10-13-25(14-11-22)31-26-15-16-27(20(2)18-26)23-8-6-5-7-9-23/h4-20,27,31H,1H2,2-3H3. The van der Waals surface area contributed by atoms with Gasteiger partial charge in [-0.25, -0.2) is 0 Å². The Kier molecular flexibility index (Phi) is 5.55. The first kappa shape index (κ1) is 20.5. The van der Waals surface area contributed by atoms with Gasteiger partial charge in [0.05, 0.1) is 0 Å². The van der Waals surface area contributed by atoms with E-state index in [1.54, 1.807) is 0 Å². The van der Waals surface area contributed by atoms with Gasteiger partial charge in [-0.05, 0) is 70.8 Å². The summed E-state index contributed by atoms with van der Waals surface area (Å²) in [4.78, 5) is 1.26. The fraction of sp³-hybridized carbons (Fsp3) is 0.133. The van der Waals surface area contributed by atoms with Crippen molar-refractivity contribution in [1.29, 1.82) is 0 Å². The molecule has 0 saturated heterocycles. The third kappa shape index (κ3) is 3.94. The molecule has 32 heavy (non-hydrogen) atoms. The predicted octanol–water partition coefficient (Wildman–Crippen LogP) is 8.81. The Morgan fingerprint density at radius 1 is 0.938 bits per heavy atom. The highest BCUT2D eigenvalue weighted by molar-refractivity contribution is 7.20. The highest BCUT2D eigenvalue weighted by Crippen LogP contribution is 2.35. The van der Waals surface area contributed by atoms with E-state index < -0.39 is 0 Å². The number of fused-ring (bicyclic) bond motifs is 1. The Hall–Kier alpha value is -3.36. The van der Waals surface area contributed by atoms with Crippen LogP contribution in [0.25, 0.3) is 27.3 Å². The van der Waals surface area contributed by atoms with Gasteiger partial charge in [-0.2, -0.15) is 0 Å². The lowest BCUT2D eigenvalue weighted by Crippen LogP contribution is -2.12. The summed E-state index contributed by atoms with van der Waals surface area (Å²) in [5.41, 5.74) is 7.43. The van der Waals surface area contributed by atoms with Crippen molar-refractivity contribution in [2.45, 2.75) is 19.8 Å². The third-order valence-electron chi connectivity index (χ3n) is 6.34. The van der Waals surface area contributed by atoms with Crippen molar-refractivity contribution in [1.82, 2.24) is 0 Å². The third-order valence-corrected chi connectivity index (χ3v) is 7.61. The number of thiophene rings is 1. The predicted molar refractivity (Wildman–Crippen MR) is 141 cm³/mol. The van der Waals surface area contributed by atoms with Crippen LogP contribution in [0.4, 0.5) is 5.69 Å². The molecule has 0 spiro atoms. The molecule has 1 aromatic heterocycles. The second kappa shape index (κ2) is 8.64. The van der Waals surface area contributed by atoms with Crippen LogP contribution in [0.15, 0.2) is 103 Å². The van der Waals surface area contributed by atoms with Gasteiger partial charge in [-0.15, -0.1) is 11.3 Å². The van der Waals surface area contributed by atoms with E-state index >= 15 is 0 Å². The molecule has 4 aromatic rings. The zero-order chi connectivity index (χ0) is 22.1. The fourth-order valence-corrected chi connectivity index (χ4v) is 5.57. The molecule has 1 nitrogen and oxygen atoms in total. The summed E-state index contributed by atoms with van der Waals surface area (Å²) in [5.74, 6) is 0.881. The number of anilines is 1. The second-order valence-corrected chi connectivity index (χ2v) is 9.57. The Bertz CT molecular complexity index is 1320. The monoisotopic (exact) mass is 433 g/mol. The minimum Gasteiger partial charge on any atom is -0.356 e. The van der Waals surface area contributed by atoms with Crippen molar-refractivity contribution < 1.29 is 0 Å². The van der Waals surface area contributed by atoms with Gasteiger partial charge in [0.1, 0.15) is 0 Å². The highest BCUT2D eigenvalue weighted by atomic mass is 32.1. The van der Waals surface area contributed by atoms with Gasteiger partial charge in [-0.3, -0.25) is 0 Å². The van der Waals surface area contributed by atoms with Crippen LogP contribution in [0.5, 0.6) is 0 Å². The molecule has 2 atom stereocenters. The molecule has 2 unspecified atom stereocenters. The van der Waals surface area contributed by atoms with E-state index in [0.29, 0.717) is 11.8 Å². The number of aryl methyl sites for hydroxylation is 1. The average Bonchev–Trinajstić information content (AvgIpc) is 3.15. The second-order valence-electron chi connectivity index (χ2n) is 8.49. The van der Waals surface area contributed by atoms with Gasteiger partial charge in [0.15, 0.2) is 0 Å². The van der Waals surface area contributed by atoms with Crippen LogP contribution >= 0.6 is 11.3 Å². The number of rotatable bonds is 5. The molecule has 5 rings (SSSR count). The zero-order valence-corrected chi connectivity index (χ0v) is 19.3. The number of allylic oxidation sites excluding steroid dienone is 3. The maximum absolute atomic E-state index is 3.94. The number of nitrogens with one attached hydrogen (secondary N) is 1. The molecular formula is C30H27NS. The molecule has 0 fully saturated rings. The largest absolute Gasteiger partial charge is 0.356 e. The van der Waals surface area contributed by atoms with Gasteiger partial charge in [0.25, 0.3) is 0 Å². The molecule has 1 heterocycles. The van der Waals surface area contributed by atoms with E-state index in [2.05, 4.69) is 117 Å². The van der Waals surface area contributed by atoms with Gasteiger partial charge in [0, 0.05) is 26.9 Å². The number of benzene rings is 3. The Morgan fingerprint density at radius 3 is 2.41 bits per heavy atom. The van der Waals surface area contributed by atoms with Crippen LogP contribution in [0.2, 0.25) is 0 Å². The Morgan fingerprint density at radius 2 is 1.69 bits per heavy atom. The summed E-state index contributed by atoms with van der Waals surface area (Å²) in [5, 5.41) is 4.90. The number of hydrogen-bond donors (Lipinski definition) is 1. The molecular weight excluding hydrogens is 406 g/mol. The first-order valence-corrected chi connectivity index (χ1v) is 11.9. The summed E-state index contributed by atoms with van der Waals surface area (Å²) in [6.07, 6.45) is 8.80. The van der Waals surface area contributed by atoms with Crippen molar-refractivity contribution in [2.24, 2.45) is 5.92 Å². The lowest BCUT2D eigenvalue weighted by Gasteiger charge is -2.24. The van der Waals surface area contributed by atoms with E-state index in [0.717, 1.165) is 11.4 Å². The fourth-order valence-electron chi connectivity index (χ4n) is 4.53. The van der Waals surface area contributed by atoms with Crippen molar-refractivity contribution in [3.05, 3.63) is 119 Å². The van der Waals surface area contributed by atoms with Gasteiger partial charge >= 0.3 is 0 Å². The minimum atomic E-state index is 0.432. The van der Waals surface area contributed by atoms with Crippen molar-refractivity contribution >= 4 is 33.2 Å². The smallest absolute Gasteiger partial charge is 0.0384 e. The van der Waals surface area contributed by atoms with Gasteiger partial charge in [0.2, 0.25) is 0 Å². The lowest BCUT2D eigenvalue weighted by molar-refractivity contribution is 0.630. The van der Waals surface area contributed by atoms with Crippen LogP contribution < -0.4 is 5.32 Å². The van der Waals surface area contributed by atoms with E-state index in [1.165, 1.54) is 37.2 Å². The topological polar surface area (TPSA) is 12.0 Å². The zero-order valence-electron chi connectivity index (χ0n) is 18.5. The minimum absolute atomic E-state index is 0.432. The molecule has 158 valence electrons. The van der Waals surface area contributed by atoms with E-state index in [1.807, 2.05) is 17.4 Å². The molecule has 0 saturated carbocycles. The molecule has 0 aliphatic heterocycles. The summed E-state index contributed by atoms with van der Waals surface area (Å²) in [6, 6.07) is 26.2. The lowest BCUT2D eigenvalue weighted by atomic mass is 9.83. The molecule has 0 amide bonds. The van der Waals surface area contributed by atoms with Gasteiger partial charge < -0.3 is 5.32 Å². The molecule has 3 aromatic carbocycles. The van der Waals surface area contributed by atoms with Crippen LogP contribution in [0, 0.1) is 12.8 Å². The first-order valence-electron chi connectivity index (χ1n) is 11.1.